The van der Waals surface area contributed by atoms with Crippen molar-refractivity contribution in [1.29, 1.82) is 0 Å². The molecule has 4 heterocycles. The standard InChI is InChI=1S/C52H55N5O9/c1-2-57(50(61)38-15-11-34(12-16-38)30-53-31-45(59)42-19-21-44(58)49-43(42)20-22-47(60)54-49)27-28-64-51(62)39-17-13-35(14-18-39)33-65-41-10-6-9-40(29-41)48(37-7-4-3-5-8-37)55-52(63)66-46-32-56-25-23-36(46)24-26-56/h3-22,29,36,45-46,48,53,58-59H,2,23-28,30-33H2,1H3,(H,54,60)(H,55,63)/t45?,46-,48?/m0/s1. The van der Waals surface area contributed by atoms with E-state index in [1.165, 1.54) is 12.1 Å². The van der Waals surface area contributed by atoms with Crippen molar-refractivity contribution in [3.05, 3.63) is 177 Å². The van der Waals surface area contributed by atoms with Crippen molar-refractivity contribution in [3.8, 4) is 11.5 Å². The highest BCUT2D eigenvalue weighted by Crippen LogP contribution is 2.32. The van der Waals surface area contributed by atoms with Crippen LogP contribution in [0.2, 0.25) is 0 Å². The van der Waals surface area contributed by atoms with Crippen LogP contribution in [0, 0.1) is 5.92 Å². The number of alkyl carbamates (subject to hydrolysis) is 1. The van der Waals surface area contributed by atoms with E-state index in [1.54, 1.807) is 41.3 Å². The van der Waals surface area contributed by atoms with Crippen LogP contribution in [0.3, 0.4) is 0 Å². The predicted molar refractivity (Wildman–Crippen MR) is 249 cm³/mol. The van der Waals surface area contributed by atoms with E-state index in [0.29, 0.717) is 46.8 Å². The molecular formula is C52H55N5O9. The van der Waals surface area contributed by atoms with Gasteiger partial charge in [0.05, 0.1) is 29.8 Å². The lowest BCUT2D eigenvalue weighted by Crippen LogP contribution is -2.52. The first-order valence-corrected chi connectivity index (χ1v) is 22.5. The second-order valence-corrected chi connectivity index (χ2v) is 16.8. The number of amides is 2. The number of likely N-dealkylation sites (N-methyl/N-ethyl adjacent to an activating group) is 1. The number of phenols is 1. The summed E-state index contributed by atoms with van der Waals surface area (Å²) < 4.78 is 17.7. The zero-order chi connectivity index (χ0) is 46.0. The van der Waals surface area contributed by atoms with E-state index in [4.69, 9.17) is 14.2 Å². The molecule has 14 heteroatoms. The first-order chi connectivity index (χ1) is 32.1. The molecule has 3 saturated heterocycles. The van der Waals surface area contributed by atoms with Crippen LogP contribution in [0.25, 0.3) is 10.9 Å². The normalized spacial score (nSPS) is 17.4. The molecule has 2 unspecified atom stereocenters. The highest BCUT2D eigenvalue weighted by molar-refractivity contribution is 5.94. The number of esters is 1. The number of carbonyl (C=O) groups is 3. The molecular weight excluding hydrogens is 839 g/mol. The average molecular weight is 894 g/mol. The molecule has 3 aliphatic heterocycles. The third-order valence-corrected chi connectivity index (χ3v) is 12.4. The fourth-order valence-electron chi connectivity index (χ4n) is 8.72. The maximum atomic E-state index is 13.4. The highest BCUT2D eigenvalue weighted by Gasteiger charge is 2.37. The number of hydrogen-bond acceptors (Lipinski definition) is 11. The fraction of sp³-hybridized carbons (Fsp3) is 0.308. The topological polar surface area (TPSA) is 183 Å². The minimum Gasteiger partial charge on any atom is -0.506 e. The molecule has 5 N–H and O–H groups in total. The van der Waals surface area contributed by atoms with Gasteiger partial charge in [0.2, 0.25) is 5.56 Å². The monoisotopic (exact) mass is 893 g/mol. The van der Waals surface area contributed by atoms with Gasteiger partial charge in [-0.15, -0.1) is 0 Å². The van der Waals surface area contributed by atoms with Crippen LogP contribution in [0.5, 0.6) is 11.5 Å². The molecule has 342 valence electrons. The average Bonchev–Trinajstić information content (AvgIpc) is 3.35. The number of fused-ring (bicyclic) bond motifs is 4. The number of piperidine rings is 3. The zero-order valence-corrected chi connectivity index (χ0v) is 36.9. The molecule has 2 bridgehead atoms. The summed E-state index contributed by atoms with van der Waals surface area (Å²) in [5.41, 5.74) is 4.89. The Morgan fingerprint density at radius 1 is 0.848 bits per heavy atom. The van der Waals surface area contributed by atoms with E-state index >= 15 is 0 Å². The maximum absolute atomic E-state index is 13.4. The third kappa shape index (κ3) is 11.3. The summed E-state index contributed by atoms with van der Waals surface area (Å²) in [5, 5.41) is 27.9. The number of aliphatic hydroxyl groups is 1. The maximum Gasteiger partial charge on any atom is 0.408 e. The number of pyridine rings is 1. The van der Waals surface area contributed by atoms with Gasteiger partial charge in [-0.05, 0) is 115 Å². The summed E-state index contributed by atoms with van der Waals surface area (Å²) in [7, 11) is 0. The van der Waals surface area contributed by atoms with Crippen molar-refractivity contribution in [2.45, 2.75) is 51.2 Å². The lowest BCUT2D eigenvalue weighted by Gasteiger charge is -2.43. The van der Waals surface area contributed by atoms with E-state index in [2.05, 4.69) is 20.5 Å². The Kier molecular flexibility index (Phi) is 14.7. The number of aromatic amines is 1. The van der Waals surface area contributed by atoms with Crippen LogP contribution in [0.4, 0.5) is 4.79 Å². The molecule has 3 atom stereocenters. The molecule has 3 fully saturated rings. The quantitative estimate of drug-likeness (QED) is 0.0569. The first kappa shape index (κ1) is 45.6. The van der Waals surface area contributed by atoms with Crippen molar-refractivity contribution < 1.29 is 38.8 Å². The molecule has 0 aliphatic carbocycles. The number of aliphatic hydroxyl groups excluding tert-OH is 1. The van der Waals surface area contributed by atoms with Crippen LogP contribution in [0.1, 0.15) is 80.4 Å². The zero-order valence-electron chi connectivity index (χ0n) is 36.9. The lowest BCUT2D eigenvalue weighted by atomic mass is 9.86. The summed E-state index contributed by atoms with van der Waals surface area (Å²) in [6.07, 6.45) is 0.678. The van der Waals surface area contributed by atoms with E-state index in [0.717, 1.165) is 54.7 Å². The number of hydrogen-bond donors (Lipinski definition) is 5. The van der Waals surface area contributed by atoms with Crippen molar-refractivity contribution in [2.24, 2.45) is 5.92 Å². The largest absolute Gasteiger partial charge is 0.506 e. The second-order valence-electron chi connectivity index (χ2n) is 16.8. The lowest BCUT2D eigenvalue weighted by molar-refractivity contribution is -0.0336. The van der Waals surface area contributed by atoms with Crippen LogP contribution in [0.15, 0.2) is 132 Å². The Morgan fingerprint density at radius 3 is 2.30 bits per heavy atom. The Hall–Kier alpha value is -7.00. The van der Waals surface area contributed by atoms with Crippen molar-refractivity contribution in [2.75, 3.05) is 45.9 Å². The molecule has 0 radical (unpaired) electrons. The first-order valence-electron chi connectivity index (χ1n) is 22.5. The van der Waals surface area contributed by atoms with Crippen LogP contribution < -0.4 is 20.9 Å². The number of rotatable bonds is 18. The SMILES string of the molecule is CCN(CCOC(=O)c1ccc(COc2cccc(C(NC(=O)O[C@H]3CN4CCC3CC4)c3ccccc3)c2)cc1)C(=O)c1ccc(CNCC(O)c2ccc(O)c3[nH]c(=O)ccc23)cc1. The molecule has 9 rings (SSSR count). The van der Waals surface area contributed by atoms with Gasteiger partial charge in [0.25, 0.3) is 5.91 Å². The number of carbonyl (C=O) groups excluding carboxylic acids is 3. The molecule has 1 aromatic heterocycles. The molecule has 5 aromatic carbocycles. The molecule has 6 aromatic rings. The molecule has 3 aliphatic rings. The minimum atomic E-state index is -0.898. The van der Waals surface area contributed by atoms with Crippen LogP contribution in [-0.2, 0) is 22.6 Å². The molecule has 66 heavy (non-hydrogen) atoms. The third-order valence-electron chi connectivity index (χ3n) is 12.4. The molecule has 14 nitrogen and oxygen atoms in total. The van der Waals surface area contributed by atoms with Gasteiger partial charge in [0, 0.05) is 43.2 Å². The Labute approximate surface area is 383 Å². The number of nitrogens with one attached hydrogen (secondary N) is 3. The summed E-state index contributed by atoms with van der Waals surface area (Å²) in [5.74, 6) is 0.272. The summed E-state index contributed by atoms with van der Waals surface area (Å²) in [6.45, 7) is 6.34. The van der Waals surface area contributed by atoms with Gasteiger partial charge in [0.1, 0.15) is 30.8 Å². The molecule has 0 spiro atoms. The van der Waals surface area contributed by atoms with Gasteiger partial charge in [-0.25, -0.2) is 9.59 Å². The van der Waals surface area contributed by atoms with E-state index in [9.17, 15) is 29.4 Å². The van der Waals surface area contributed by atoms with E-state index in [1.807, 2.05) is 85.8 Å². The van der Waals surface area contributed by atoms with Crippen LogP contribution in [-0.4, -0.2) is 94.9 Å². The van der Waals surface area contributed by atoms with Crippen molar-refractivity contribution >= 4 is 28.9 Å². The van der Waals surface area contributed by atoms with Gasteiger partial charge < -0.3 is 44.9 Å². The molecule has 0 saturated carbocycles. The Morgan fingerprint density at radius 2 is 1.58 bits per heavy atom. The van der Waals surface area contributed by atoms with Gasteiger partial charge in [0.15, 0.2) is 0 Å². The number of aromatic nitrogens is 1. The van der Waals surface area contributed by atoms with Gasteiger partial charge in [-0.3, -0.25) is 14.5 Å². The Bertz CT molecular complexity index is 2670. The van der Waals surface area contributed by atoms with Crippen molar-refractivity contribution in [3.63, 3.8) is 0 Å². The van der Waals surface area contributed by atoms with E-state index in [-0.39, 0.29) is 55.1 Å². The number of aromatic hydroxyl groups is 1. The van der Waals surface area contributed by atoms with Crippen molar-refractivity contribution in [1.82, 2.24) is 25.4 Å². The summed E-state index contributed by atoms with van der Waals surface area (Å²) >= 11 is 0. The highest BCUT2D eigenvalue weighted by atomic mass is 16.6. The van der Waals surface area contributed by atoms with Gasteiger partial charge >= 0.3 is 12.1 Å². The van der Waals surface area contributed by atoms with Crippen LogP contribution >= 0.6 is 0 Å². The summed E-state index contributed by atoms with van der Waals surface area (Å²) in [6, 6.07) is 37.1. The number of H-pyrrole nitrogens is 1. The summed E-state index contributed by atoms with van der Waals surface area (Å²) in [4.78, 5) is 57.9. The van der Waals surface area contributed by atoms with Gasteiger partial charge in [-0.1, -0.05) is 72.8 Å². The number of phenolic OH excluding ortho intramolecular Hbond substituents is 1. The smallest absolute Gasteiger partial charge is 0.408 e. The van der Waals surface area contributed by atoms with E-state index < -0.39 is 24.2 Å². The van der Waals surface area contributed by atoms with Gasteiger partial charge in [-0.2, -0.15) is 0 Å². The number of benzene rings is 5. The second kappa shape index (κ2) is 21.3. The Balaban J connectivity index is 0.782. The number of ether oxygens (including phenoxy) is 3. The minimum absolute atomic E-state index is 0.0204. The molecule has 2 amide bonds. The number of nitrogens with zero attached hydrogens (tertiary/aromatic N) is 2. The fourth-order valence-corrected chi connectivity index (χ4v) is 8.72. The predicted octanol–water partition coefficient (Wildman–Crippen LogP) is 6.86.